The molecule has 3 heteroatoms. The Morgan fingerprint density at radius 1 is 1.06 bits per heavy atom. The molecule has 4 aromatic rings. The third-order valence-corrected chi connectivity index (χ3v) is 3.81. The molecule has 1 aromatic carbocycles. The number of nitrogens with zero attached hydrogens (tertiary/aromatic N) is 1. The minimum absolute atomic E-state index is 1.09. The van der Waals surface area contributed by atoms with Crippen LogP contribution in [-0.2, 0) is 0 Å². The zero-order valence-corrected chi connectivity index (χ0v) is 9.21. The summed E-state index contributed by atoms with van der Waals surface area (Å²) in [5, 5.41) is 4.52. The van der Waals surface area contributed by atoms with Crippen molar-refractivity contribution in [2.75, 3.05) is 0 Å². The van der Waals surface area contributed by atoms with Crippen molar-refractivity contribution in [2.24, 2.45) is 0 Å². The highest BCUT2D eigenvalue weighted by molar-refractivity contribution is 7.17. The van der Waals surface area contributed by atoms with Crippen molar-refractivity contribution in [1.82, 2.24) is 9.97 Å². The van der Waals surface area contributed by atoms with Gasteiger partial charge < -0.3 is 4.98 Å². The van der Waals surface area contributed by atoms with Crippen LogP contribution in [0.4, 0.5) is 0 Å². The predicted molar refractivity (Wildman–Crippen MR) is 69.0 cm³/mol. The molecule has 0 fully saturated rings. The third-order valence-electron chi connectivity index (χ3n) is 2.95. The van der Waals surface area contributed by atoms with Crippen LogP contribution in [0.25, 0.3) is 32.0 Å². The fourth-order valence-electron chi connectivity index (χ4n) is 2.16. The number of pyridine rings is 1. The van der Waals surface area contributed by atoms with E-state index in [1.165, 1.54) is 21.0 Å². The largest absolute Gasteiger partial charge is 0.354 e. The number of thiophene rings is 1. The molecule has 0 saturated carbocycles. The Morgan fingerprint density at radius 2 is 2.06 bits per heavy atom. The summed E-state index contributed by atoms with van der Waals surface area (Å²) in [6, 6.07) is 10.6. The molecule has 0 atom stereocenters. The topological polar surface area (TPSA) is 28.7 Å². The summed E-state index contributed by atoms with van der Waals surface area (Å²) >= 11 is 1.75. The number of benzene rings is 1. The molecule has 1 N–H and O–H groups in total. The van der Waals surface area contributed by atoms with E-state index in [1.54, 1.807) is 11.3 Å². The molecule has 0 aliphatic heterocycles. The number of fused-ring (bicyclic) bond motifs is 4. The van der Waals surface area contributed by atoms with Gasteiger partial charge in [-0.05, 0) is 29.6 Å². The van der Waals surface area contributed by atoms with Crippen LogP contribution in [0.3, 0.4) is 0 Å². The molecule has 0 amide bonds. The van der Waals surface area contributed by atoms with E-state index in [1.807, 2.05) is 12.3 Å². The van der Waals surface area contributed by atoms with Crippen LogP contribution in [0, 0.1) is 0 Å². The normalized spacial score (nSPS) is 11.8. The summed E-state index contributed by atoms with van der Waals surface area (Å²) in [6.45, 7) is 0. The fourth-order valence-corrected chi connectivity index (χ4v) is 2.95. The molecule has 4 rings (SSSR count). The summed E-state index contributed by atoms with van der Waals surface area (Å²) in [5.41, 5.74) is 3.43. The summed E-state index contributed by atoms with van der Waals surface area (Å²) in [5.74, 6) is 0. The maximum Gasteiger partial charge on any atom is 0.0796 e. The van der Waals surface area contributed by atoms with Gasteiger partial charge in [-0.15, -0.1) is 11.3 Å². The Morgan fingerprint density at radius 3 is 3.06 bits per heavy atom. The van der Waals surface area contributed by atoms with E-state index in [4.69, 9.17) is 0 Å². The Bertz CT molecular complexity index is 810. The number of hydrogen-bond donors (Lipinski definition) is 1. The zero-order valence-electron chi connectivity index (χ0n) is 8.40. The second kappa shape index (κ2) is 2.83. The van der Waals surface area contributed by atoms with Crippen LogP contribution >= 0.6 is 11.3 Å². The first-order chi connectivity index (χ1) is 7.92. The first kappa shape index (κ1) is 8.30. The summed E-state index contributed by atoms with van der Waals surface area (Å²) in [4.78, 5) is 7.86. The highest BCUT2D eigenvalue weighted by Crippen LogP contribution is 2.28. The van der Waals surface area contributed by atoms with Crippen molar-refractivity contribution >= 4 is 43.4 Å². The van der Waals surface area contributed by atoms with Crippen LogP contribution in [0.1, 0.15) is 0 Å². The van der Waals surface area contributed by atoms with Gasteiger partial charge in [-0.3, -0.25) is 4.98 Å². The lowest BCUT2D eigenvalue weighted by molar-refractivity contribution is 1.48. The number of nitrogens with one attached hydrogen (secondary N) is 1. The molecule has 16 heavy (non-hydrogen) atoms. The van der Waals surface area contributed by atoms with Gasteiger partial charge in [0.05, 0.1) is 15.7 Å². The quantitative estimate of drug-likeness (QED) is 0.481. The summed E-state index contributed by atoms with van der Waals surface area (Å²) in [7, 11) is 0. The van der Waals surface area contributed by atoms with E-state index in [0.717, 1.165) is 11.0 Å². The first-order valence-corrected chi connectivity index (χ1v) is 6.03. The van der Waals surface area contributed by atoms with E-state index in [0.29, 0.717) is 0 Å². The lowest BCUT2D eigenvalue weighted by atomic mass is 10.1. The van der Waals surface area contributed by atoms with Crippen LogP contribution in [0.2, 0.25) is 0 Å². The number of aromatic nitrogens is 2. The van der Waals surface area contributed by atoms with E-state index < -0.39 is 0 Å². The molecular weight excluding hydrogens is 216 g/mol. The van der Waals surface area contributed by atoms with Crippen molar-refractivity contribution in [1.29, 1.82) is 0 Å². The van der Waals surface area contributed by atoms with Crippen molar-refractivity contribution in [3.8, 4) is 0 Å². The molecule has 0 spiro atoms. The lowest BCUT2D eigenvalue weighted by Crippen LogP contribution is -1.80. The van der Waals surface area contributed by atoms with Gasteiger partial charge in [-0.2, -0.15) is 0 Å². The first-order valence-electron chi connectivity index (χ1n) is 5.15. The van der Waals surface area contributed by atoms with Crippen LogP contribution in [0.15, 0.2) is 41.9 Å². The molecule has 0 radical (unpaired) electrons. The smallest absolute Gasteiger partial charge is 0.0796 e. The average molecular weight is 224 g/mol. The minimum atomic E-state index is 1.09. The van der Waals surface area contributed by atoms with Crippen molar-refractivity contribution in [2.45, 2.75) is 0 Å². The summed E-state index contributed by atoms with van der Waals surface area (Å²) < 4.78 is 1.28. The van der Waals surface area contributed by atoms with E-state index >= 15 is 0 Å². The highest BCUT2D eigenvalue weighted by atomic mass is 32.1. The Balaban J connectivity index is 2.33. The monoisotopic (exact) mass is 224 g/mol. The van der Waals surface area contributed by atoms with Crippen LogP contribution in [0.5, 0.6) is 0 Å². The average Bonchev–Trinajstić information content (AvgIpc) is 2.94. The zero-order chi connectivity index (χ0) is 10.5. The lowest BCUT2D eigenvalue weighted by Gasteiger charge is -2.00. The summed E-state index contributed by atoms with van der Waals surface area (Å²) in [6.07, 6.45) is 1.86. The standard InChI is InChI=1S/C13H8N2S/c1-2-10-9(13-8(1)3-5-14-13)7-12-11(15-10)4-6-16-12/h1-7,15H. The van der Waals surface area contributed by atoms with Gasteiger partial charge in [0.15, 0.2) is 0 Å². The molecular formula is C13H8N2S. The number of hydrogen-bond acceptors (Lipinski definition) is 2. The van der Waals surface area contributed by atoms with Gasteiger partial charge in [-0.25, -0.2) is 0 Å². The van der Waals surface area contributed by atoms with E-state index in [9.17, 15) is 0 Å². The van der Waals surface area contributed by atoms with Gasteiger partial charge in [0.1, 0.15) is 0 Å². The van der Waals surface area contributed by atoms with Crippen molar-refractivity contribution < 1.29 is 0 Å². The SMILES string of the molecule is c1cc2ccc3[nH]c4ccsc4cc3c2n1. The minimum Gasteiger partial charge on any atom is -0.354 e. The Hall–Kier alpha value is -1.87. The van der Waals surface area contributed by atoms with Crippen molar-refractivity contribution in [3.63, 3.8) is 0 Å². The highest BCUT2D eigenvalue weighted by Gasteiger charge is 2.04. The maximum atomic E-state index is 4.42. The van der Waals surface area contributed by atoms with Crippen LogP contribution in [-0.4, -0.2) is 9.97 Å². The number of H-pyrrole nitrogens is 1. The van der Waals surface area contributed by atoms with E-state index in [-0.39, 0.29) is 0 Å². The molecule has 0 aliphatic carbocycles. The Kier molecular flexibility index (Phi) is 1.47. The second-order valence-electron chi connectivity index (χ2n) is 3.88. The molecule has 3 aromatic heterocycles. The maximum absolute atomic E-state index is 4.42. The molecule has 0 saturated heterocycles. The predicted octanol–water partition coefficient (Wildman–Crippen LogP) is 3.93. The molecule has 0 unspecified atom stereocenters. The molecule has 0 bridgehead atoms. The fraction of sp³-hybridized carbons (Fsp3) is 0. The molecule has 0 aliphatic rings. The molecule has 76 valence electrons. The number of aromatic amines is 1. The van der Waals surface area contributed by atoms with Gasteiger partial charge in [-0.1, -0.05) is 6.07 Å². The Labute approximate surface area is 95.5 Å². The van der Waals surface area contributed by atoms with Gasteiger partial charge in [0.25, 0.3) is 0 Å². The van der Waals surface area contributed by atoms with E-state index in [2.05, 4.69) is 39.6 Å². The molecule has 3 heterocycles. The second-order valence-corrected chi connectivity index (χ2v) is 4.83. The van der Waals surface area contributed by atoms with Gasteiger partial charge in [0, 0.05) is 22.5 Å². The van der Waals surface area contributed by atoms with Gasteiger partial charge >= 0.3 is 0 Å². The third kappa shape index (κ3) is 0.981. The van der Waals surface area contributed by atoms with Crippen molar-refractivity contribution in [3.05, 3.63) is 41.9 Å². The molecule has 2 nitrogen and oxygen atoms in total. The van der Waals surface area contributed by atoms with Crippen LogP contribution < -0.4 is 0 Å². The van der Waals surface area contributed by atoms with Gasteiger partial charge in [0.2, 0.25) is 0 Å². The number of rotatable bonds is 0.